The van der Waals surface area contributed by atoms with E-state index in [0.717, 1.165) is 42.0 Å². The summed E-state index contributed by atoms with van der Waals surface area (Å²) in [6, 6.07) is 6.31. The molecule has 3 aliphatic rings. The van der Waals surface area contributed by atoms with Gasteiger partial charge in [-0.05, 0) is 71.8 Å². The Morgan fingerprint density at radius 2 is 1.66 bits per heavy atom. The number of alkyl halides is 5. The van der Waals surface area contributed by atoms with Crippen molar-refractivity contribution in [2.45, 2.75) is 121 Å². The van der Waals surface area contributed by atoms with Crippen molar-refractivity contribution in [3.63, 3.8) is 0 Å². The van der Waals surface area contributed by atoms with Crippen LogP contribution in [0.15, 0.2) is 60.0 Å². The number of carbonyl (C=O) groups is 1. The number of allylic oxidation sites excluding steroid dienone is 3. The number of hydroxylamine groups is 1. The number of nitrogens with zero attached hydrogens (tertiary/aromatic N) is 4. The molecule has 8 atom stereocenters. The van der Waals surface area contributed by atoms with E-state index in [4.69, 9.17) is 23.8 Å². The molecule has 15 nitrogen and oxygen atoms in total. The van der Waals surface area contributed by atoms with Crippen LogP contribution >= 0.6 is 0 Å². The number of anilines is 1. The predicted molar refractivity (Wildman–Crippen MR) is 232 cm³/mol. The molecule has 3 saturated heterocycles. The summed E-state index contributed by atoms with van der Waals surface area (Å²) in [4.78, 5) is 37.6. The molecule has 3 aliphatic heterocycles. The number of pyridine rings is 2. The van der Waals surface area contributed by atoms with Gasteiger partial charge in [-0.3, -0.25) is 4.84 Å². The molecule has 2 aromatic heterocycles. The summed E-state index contributed by atoms with van der Waals surface area (Å²) in [5.74, 6) is -4.50. The average molecular weight is 947 g/mol. The number of aliphatic hydroxyl groups is 2. The van der Waals surface area contributed by atoms with E-state index in [-0.39, 0.29) is 67.8 Å². The Morgan fingerprint density at radius 3 is 2.22 bits per heavy atom. The second-order valence-corrected chi connectivity index (χ2v) is 17.4. The zero-order valence-corrected chi connectivity index (χ0v) is 38.9. The number of hydrogen-bond donors (Lipinski definition) is 3. The molecule has 368 valence electrons. The summed E-state index contributed by atoms with van der Waals surface area (Å²) in [6.07, 6.45) is -4.69. The molecule has 0 unspecified atom stereocenters. The number of aldehydes is 1. The van der Waals surface area contributed by atoms with Gasteiger partial charge in [-0.25, -0.2) is 9.97 Å². The molecule has 0 aliphatic carbocycles. The van der Waals surface area contributed by atoms with Gasteiger partial charge in [0, 0.05) is 24.3 Å². The number of aliphatic hydroxyl groups excluding tert-OH is 2. The normalized spacial score (nSPS) is 25.1. The quantitative estimate of drug-likeness (QED) is 0.0204. The molecule has 0 aromatic carbocycles. The first-order valence-electron chi connectivity index (χ1n) is 21.6. The van der Waals surface area contributed by atoms with Gasteiger partial charge in [0.05, 0.1) is 43.0 Å². The topological polar surface area (TPSA) is 174 Å². The predicted octanol–water partition coefficient (Wildman–Crippen LogP) is 3.02. The SMILES string of the molecule is C=[N+](O[C@H]1[C@@H](O)[C@@H](CN2CCC2)OC[C@@H]1Nc1cccc(C(F)(F)F)n1)/C(=C\C=C(/C)CC(C[CH2-])C[CH2-])OC[C@H]1OC[C@H](Oc2cccc(C(C)(F)F)n2)[C@@H](C=O)[C@H]1O.CC(C)(C)O[C-]=O.[Li+]. The van der Waals surface area contributed by atoms with Crippen LogP contribution in [-0.2, 0) is 45.5 Å². The first kappa shape index (κ1) is 57.2. The molecule has 21 heteroatoms. The van der Waals surface area contributed by atoms with Crippen LogP contribution in [0.25, 0.3) is 0 Å². The maximum Gasteiger partial charge on any atom is 1.00 e. The summed E-state index contributed by atoms with van der Waals surface area (Å²) in [5, 5.41) is 25.8. The van der Waals surface area contributed by atoms with Crippen LogP contribution < -0.4 is 28.9 Å². The molecule has 5 rings (SSSR count). The minimum atomic E-state index is -4.69. The maximum atomic E-state index is 13.9. The summed E-state index contributed by atoms with van der Waals surface area (Å²) in [7, 11) is 0. The summed E-state index contributed by atoms with van der Waals surface area (Å²) in [6.45, 7) is 22.7. The van der Waals surface area contributed by atoms with Gasteiger partial charge >= 0.3 is 30.9 Å². The fourth-order valence-corrected chi connectivity index (χ4v) is 6.96. The maximum absolute atomic E-state index is 13.9. The van der Waals surface area contributed by atoms with E-state index in [2.05, 4.69) is 45.5 Å². The molecule has 3 fully saturated rings. The molecule has 0 amide bonds. The van der Waals surface area contributed by atoms with Crippen LogP contribution in [0.3, 0.4) is 0 Å². The largest absolute Gasteiger partial charge is 1.00 e. The zero-order valence-electron chi connectivity index (χ0n) is 38.9. The second-order valence-electron chi connectivity index (χ2n) is 17.4. The van der Waals surface area contributed by atoms with Crippen molar-refractivity contribution in [2.24, 2.45) is 11.8 Å². The Kier molecular flexibility index (Phi) is 22.2. The van der Waals surface area contributed by atoms with Gasteiger partial charge in [0.15, 0.2) is 6.72 Å². The second kappa shape index (κ2) is 26.0. The monoisotopic (exact) mass is 946 g/mol. The van der Waals surface area contributed by atoms with Crippen molar-refractivity contribution in [3.05, 3.63) is 85.2 Å². The zero-order chi connectivity index (χ0) is 48.8. The van der Waals surface area contributed by atoms with E-state index in [1.807, 2.05) is 6.92 Å². The number of hydrogen-bond acceptors (Lipinski definition) is 14. The minimum Gasteiger partial charge on any atom is -0.649 e. The van der Waals surface area contributed by atoms with Crippen LogP contribution in [0.1, 0.15) is 71.7 Å². The Bertz CT molecular complexity index is 1940. The van der Waals surface area contributed by atoms with Crippen molar-refractivity contribution >= 4 is 25.3 Å². The van der Waals surface area contributed by atoms with Crippen LogP contribution in [0.4, 0.5) is 27.8 Å². The molecular weight excluding hydrogens is 884 g/mol. The van der Waals surface area contributed by atoms with Crippen molar-refractivity contribution in [1.82, 2.24) is 14.9 Å². The summed E-state index contributed by atoms with van der Waals surface area (Å²) < 4.78 is 97.6. The first-order valence-corrected chi connectivity index (χ1v) is 21.6. The Hall–Kier alpha value is -4.16. The van der Waals surface area contributed by atoms with Crippen molar-refractivity contribution in [3.8, 4) is 5.88 Å². The first-order chi connectivity index (χ1) is 31.1. The third-order valence-electron chi connectivity index (χ3n) is 10.8. The number of aromatic nitrogens is 2. The molecule has 0 saturated carbocycles. The van der Waals surface area contributed by atoms with E-state index >= 15 is 0 Å². The molecule has 3 N–H and O–H groups in total. The molecule has 2 aromatic rings. The van der Waals surface area contributed by atoms with E-state index in [9.17, 15) is 41.8 Å². The molecule has 5 heterocycles. The molecule has 0 radical (unpaired) electrons. The van der Waals surface area contributed by atoms with Crippen LogP contribution in [0, 0.1) is 25.7 Å². The molecule has 0 bridgehead atoms. The minimum absolute atomic E-state index is 0. The van der Waals surface area contributed by atoms with Crippen LogP contribution in [-0.4, -0.2) is 137 Å². The van der Waals surface area contributed by atoms with Gasteiger partial charge in [-0.15, -0.1) is 0 Å². The van der Waals surface area contributed by atoms with Gasteiger partial charge in [-0.2, -0.15) is 34.8 Å². The third kappa shape index (κ3) is 17.7. The van der Waals surface area contributed by atoms with Gasteiger partial charge in [0.25, 0.3) is 5.92 Å². The van der Waals surface area contributed by atoms with Gasteiger partial charge < -0.3 is 67.6 Å². The van der Waals surface area contributed by atoms with Crippen molar-refractivity contribution in [1.29, 1.82) is 0 Å². The Labute approximate surface area is 401 Å². The average Bonchev–Trinajstić information content (AvgIpc) is 3.23. The Balaban J connectivity index is 0.00000138. The van der Waals surface area contributed by atoms with E-state index in [0.29, 0.717) is 39.0 Å². The summed E-state index contributed by atoms with van der Waals surface area (Å²) >= 11 is 0. The van der Waals surface area contributed by atoms with Gasteiger partial charge in [0.1, 0.15) is 54.5 Å². The van der Waals surface area contributed by atoms with Gasteiger partial charge in [0.2, 0.25) is 12.0 Å². The smallest absolute Gasteiger partial charge is 0.649 e. The van der Waals surface area contributed by atoms with Gasteiger partial charge in [-0.1, -0.05) is 36.2 Å². The Morgan fingerprint density at radius 1 is 1.00 bits per heavy atom. The number of likely N-dealkylation sites (tertiary alicyclic amines) is 1. The van der Waals surface area contributed by atoms with E-state index in [1.54, 1.807) is 32.9 Å². The third-order valence-corrected chi connectivity index (χ3v) is 10.8. The van der Waals surface area contributed by atoms with Crippen LogP contribution in [0.5, 0.6) is 5.88 Å². The van der Waals surface area contributed by atoms with Crippen molar-refractivity contribution < 1.29 is 93.9 Å². The molecule has 0 spiro atoms. The van der Waals surface area contributed by atoms with E-state index in [1.165, 1.54) is 30.7 Å². The fourth-order valence-electron chi connectivity index (χ4n) is 6.96. The summed E-state index contributed by atoms with van der Waals surface area (Å²) in [5.41, 5.74) is -1.09. The van der Waals surface area contributed by atoms with Crippen molar-refractivity contribution in [2.75, 3.05) is 44.8 Å². The number of carbonyl (C=O) groups excluding carboxylic acids is 2. The number of rotatable bonds is 20. The number of nitrogens with one attached hydrogen (secondary N) is 1. The molecule has 67 heavy (non-hydrogen) atoms. The number of halogens is 5. The fraction of sp³-hybridized carbons (Fsp3) is 0.587. The standard InChI is InChI=1S/C41H53F5N5O8.C5H9O2.Li/c1-6-26(7-2)19-25(3)15-16-36(57-24-31-37(53)27(21-52)30(23-56-31)58-35-14-9-11-32(49-35)40(4,42)43)50(5)59-39-28(22-55-29(38(39)54)20-51-17-10-18-51)47-34-13-8-12-33(48-34)41(44,45)46;1-5(2,3)7-4-6;/h8-9,11-16,21,26-31,37-39,53-54H,1-2,5-7,10,17-20,22-24H2,3-4H3,(H,47,48);1-3H3;/q2*-1;+1/b25-15+,36-16+;;/t27-,28+,29-,30+,31-,37-,38+,39-;;/m1../s1. The van der Waals surface area contributed by atoms with E-state index < -0.39 is 72.1 Å². The molecular formula is C46H62F5LiN5O10-. The van der Waals surface area contributed by atoms with Crippen LogP contribution in [0.2, 0.25) is 0 Å². The number of ether oxygens (including phenoxy) is 5.